The number of amides is 1. The molecule has 1 aliphatic carbocycles. The first kappa shape index (κ1) is 20.0. The second-order valence-electron chi connectivity index (χ2n) is 7.98. The summed E-state index contributed by atoms with van der Waals surface area (Å²) in [5, 5.41) is 3.16. The minimum Gasteiger partial charge on any atom is -0.497 e. The Morgan fingerprint density at radius 1 is 1.15 bits per heavy atom. The number of ether oxygens (including phenoxy) is 2. The molecule has 0 bridgehead atoms. The van der Waals surface area contributed by atoms with Crippen LogP contribution in [0.4, 0.5) is 0 Å². The Kier molecular flexibility index (Phi) is 7.00. The van der Waals surface area contributed by atoms with Crippen LogP contribution in [0.25, 0.3) is 0 Å². The molecule has 1 aromatic carbocycles. The smallest absolute Gasteiger partial charge is 0.234 e. The Hall–Kier alpha value is -1.75. The van der Waals surface area contributed by atoms with E-state index in [4.69, 9.17) is 9.47 Å². The van der Waals surface area contributed by atoms with Crippen molar-refractivity contribution < 1.29 is 14.3 Å². The van der Waals surface area contributed by atoms with Gasteiger partial charge >= 0.3 is 0 Å². The summed E-state index contributed by atoms with van der Waals surface area (Å²) in [6.45, 7) is 3.54. The molecule has 0 spiro atoms. The Bertz CT molecular complexity index is 628. The summed E-state index contributed by atoms with van der Waals surface area (Å²) in [6.07, 6.45) is 9.22. The van der Waals surface area contributed by atoms with Gasteiger partial charge < -0.3 is 14.8 Å². The summed E-state index contributed by atoms with van der Waals surface area (Å²) in [5.41, 5.74) is 0.940. The van der Waals surface area contributed by atoms with Gasteiger partial charge in [-0.3, -0.25) is 9.69 Å². The second-order valence-corrected chi connectivity index (χ2v) is 7.98. The summed E-state index contributed by atoms with van der Waals surface area (Å²) >= 11 is 0. The summed E-state index contributed by atoms with van der Waals surface area (Å²) < 4.78 is 10.8. The molecule has 27 heavy (non-hydrogen) atoms. The first-order valence-electron chi connectivity index (χ1n) is 10.4. The molecule has 1 amide bonds. The predicted molar refractivity (Wildman–Crippen MR) is 107 cm³/mol. The normalized spacial score (nSPS) is 22.4. The number of methoxy groups -OCH3 is 2. The van der Waals surface area contributed by atoms with Crippen LogP contribution in [0.5, 0.6) is 11.5 Å². The molecule has 3 rings (SSSR count). The average molecular weight is 375 g/mol. The third-order valence-corrected chi connectivity index (χ3v) is 6.24. The van der Waals surface area contributed by atoms with Gasteiger partial charge in [-0.2, -0.15) is 0 Å². The first-order valence-corrected chi connectivity index (χ1v) is 10.4. The quantitative estimate of drug-likeness (QED) is 0.786. The highest BCUT2D eigenvalue weighted by atomic mass is 16.5. The summed E-state index contributed by atoms with van der Waals surface area (Å²) in [4.78, 5) is 15.2. The largest absolute Gasteiger partial charge is 0.497 e. The zero-order valence-electron chi connectivity index (χ0n) is 17.0. The van der Waals surface area contributed by atoms with Crippen molar-refractivity contribution in [1.29, 1.82) is 0 Å². The lowest BCUT2D eigenvalue weighted by Crippen LogP contribution is -2.43. The van der Waals surface area contributed by atoms with Crippen LogP contribution in [0.15, 0.2) is 18.2 Å². The SMILES string of the molecule is COc1ccc(OC)c([C@H](C)NC(=O)CN2CCC[C@@H]2C2CCCCC2)c1. The van der Waals surface area contributed by atoms with Gasteiger partial charge in [0, 0.05) is 11.6 Å². The van der Waals surface area contributed by atoms with Crippen molar-refractivity contribution in [2.24, 2.45) is 5.92 Å². The van der Waals surface area contributed by atoms with E-state index in [-0.39, 0.29) is 11.9 Å². The molecule has 2 atom stereocenters. The van der Waals surface area contributed by atoms with Crippen molar-refractivity contribution in [3.63, 3.8) is 0 Å². The van der Waals surface area contributed by atoms with Gasteiger partial charge in [0.15, 0.2) is 0 Å². The van der Waals surface area contributed by atoms with Gasteiger partial charge in [-0.25, -0.2) is 0 Å². The molecule has 1 saturated carbocycles. The van der Waals surface area contributed by atoms with Gasteiger partial charge in [0.25, 0.3) is 0 Å². The lowest BCUT2D eigenvalue weighted by molar-refractivity contribution is -0.123. The van der Waals surface area contributed by atoms with Crippen molar-refractivity contribution in [3.8, 4) is 11.5 Å². The second kappa shape index (κ2) is 9.45. The van der Waals surface area contributed by atoms with Crippen molar-refractivity contribution in [2.75, 3.05) is 27.3 Å². The fourth-order valence-electron chi connectivity index (χ4n) is 4.83. The number of nitrogens with zero attached hydrogens (tertiary/aromatic N) is 1. The maximum atomic E-state index is 12.7. The average Bonchev–Trinajstić information content (AvgIpc) is 3.15. The monoisotopic (exact) mass is 374 g/mol. The summed E-state index contributed by atoms with van der Waals surface area (Å²) in [7, 11) is 3.30. The Morgan fingerprint density at radius 3 is 2.63 bits per heavy atom. The third-order valence-electron chi connectivity index (χ3n) is 6.24. The highest BCUT2D eigenvalue weighted by Gasteiger charge is 2.33. The lowest BCUT2D eigenvalue weighted by atomic mass is 9.83. The van der Waals surface area contributed by atoms with Gasteiger partial charge in [0.05, 0.1) is 26.8 Å². The van der Waals surface area contributed by atoms with Gasteiger partial charge in [0.1, 0.15) is 11.5 Å². The van der Waals surface area contributed by atoms with Crippen molar-refractivity contribution in [2.45, 2.75) is 64.0 Å². The topological polar surface area (TPSA) is 50.8 Å². The van der Waals surface area contributed by atoms with Crippen LogP contribution in [0.1, 0.15) is 63.5 Å². The van der Waals surface area contributed by atoms with Crippen LogP contribution in [0.2, 0.25) is 0 Å². The highest BCUT2D eigenvalue weighted by Crippen LogP contribution is 2.34. The number of hydrogen-bond acceptors (Lipinski definition) is 4. The number of likely N-dealkylation sites (tertiary alicyclic amines) is 1. The number of rotatable bonds is 7. The van der Waals surface area contributed by atoms with Crippen LogP contribution in [0, 0.1) is 5.92 Å². The lowest BCUT2D eigenvalue weighted by Gasteiger charge is -2.34. The number of nitrogens with one attached hydrogen (secondary N) is 1. The van der Waals surface area contributed by atoms with E-state index in [1.165, 1.54) is 44.9 Å². The number of carbonyl (C=O) groups excluding carboxylic acids is 1. The Morgan fingerprint density at radius 2 is 1.93 bits per heavy atom. The molecule has 1 heterocycles. The molecular formula is C22H34N2O3. The third kappa shape index (κ3) is 4.95. The van der Waals surface area contributed by atoms with Crippen molar-refractivity contribution >= 4 is 5.91 Å². The zero-order valence-corrected chi connectivity index (χ0v) is 17.0. The van der Waals surface area contributed by atoms with E-state index < -0.39 is 0 Å². The fraction of sp³-hybridized carbons (Fsp3) is 0.682. The molecular weight excluding hydrogens is 340 g/mol. The number of benzene rings is 1. The number of hydrogen-bond donors (Lipinski definition) is 1. The van der Waals surface area contributed by atoms with E-state index in [1.807, 2.05) is 25.1 Å². The van der Waals surface area contributed by atoms with Crippen LogP contribution < -0.4 is 14.8 Å². The molecule has 2 fully saturated rings. The Labute approximate surface area is 163 Å². The van der Waals surface area contributed by atoms with Crippen LogP contribution in [-0.2, 0) is 4.79 Å². The first-order chi connectivity index (χ1) is 13.1. The molecule has 1 N–H and O–H groups in total. The maximum absolute atomic E-state index is 12.7. The van der Waals surface area contributed by atoms with Gasteiger partial charge in [-0.05, 0) is 63.3 Å². The molecule has 1 saturated heterocycles. The van der Waals surface area contributed by atoms with Crippen molar-refractivity contribution in [1.82, 2.24) is 10.2 Å². The van der Waals surface area contributed by atoms with Crippen LogP contribution >= 0.6 is 0 Å². The minimum atomic E-state index is -0.127. The molecule has 150 valence electrons. The minimum absolute atomic E-state index is 0.0927. The van der Waals surface area contributed by atoms with Crippen LogP contribution in [-0.4, -0.2) is 44.2 Å². The summed E-state index contributed by atoms with van der Waals surface area (Å²) in [6, 6.07) is 6.16. The molecule has 0 aromatic heterocycles. The number of carbonyl (C=O) groups is 1. The predicted octanol–water partition coefficient (Wildman–Crippen LogP) is 3.93. The molecule has 1 aromatic rings. The molecule has 2 aliphatic rings. The van der Waals surface area contributed by atoms with Crippen LogP contribution in [0.3, 0.4) is 0 Å². The van der Waals surface area contributed by atoms with E-state index in [0.717, 1.165) is 29.5 Å². The molecule has 0 unspecified atom stereocenters. The molecule has 5 nitrogen and oxygen atoms in total. The van der Waals surface area contributed by atoms with E-state index in [9.17, 15) is 4.79 Å². The summed E-state index contributed by atoms with van der Waals surface area (Å²) in [5.74, 6) is 2.41. The molecule has 5 heteroatoms. The van der Waals surface area contributed by atoms with E-state index in [1.54, 1.807) is 14.2 Å². The standard InChI is InChI=1S/C22H34N2O3/c1-16(19-14-18(26-2)11-12-21(19)27-3)23-22(25)15-24-13-7-10-20(24)17-8-5-4-6-9-17/h11-12,14,16-17,20H,4-10,13,15H2,1-3H3,(H,23,25)/t16-,20+/m0/s1. The van der Waals surface area contributed by atoms with E-state index in [0.29, 0.717) is 12.6 Å². The Balaban J connectivity index is 1.60. The van der Waals surface area contributed by atoms with Gasteiger partial charge in [-0.15, -0.1) is 0 Å². The zero-order chi connectivity index (χ0) is 19.2. The maximum Gasteiger partial charge on any atom is 0.234 e. The van der Waals surface area contributed by atoms with Gasteiger partial charge in [-0.1, -0.05) is 19.3 Å². The fourth-order valence-corrected chi connectivity index (χ4v) is 4.83. The van der Waals surface area contributed by atoms with Crippen molar-refractivity contribution in [3.05, 3.63) is 23.8 Å². The highest BCUT2D eigenvalue weighted by molar-refractivity contribution is 5.78. The van der Waals surface area contributed by atoms with E-state index in [2.05, 4.69) is 10.2 Å². The molecule has 1 aliphatic heterocycles. The molecule has 0 radical (unpaired) electrons. The van der Waals surface area contributed by atoms with Gasteiger partial charge in [0.2, 0.25) is 5.91 Å². The van der Waals surface area contributed by atoms with E-state index >= 15 is 0 Å².